The number of nitrogens with zero attached hydrogens (tertiary/aromatic N) is 1. The normalized spacial score (nSPS) is 21.5. The molecule has 1 N–H and O–H groups in total. The van der Waals surface area contributed by atoms with E-state index in [0.29, 0.717) is 22.3 Å². The van der Waals surface area contributed by atoms with Gasteiger partial charge in [-0.3, -0.25) is 10.2 Å². The Bertz CT molecular complexity index is 634. The minimum atomic E-state index is -0.608. The van der Waals surface area contributed by atoms with Gasteiger partial charge in [0.2, 0.25) is 0 Å². The predicted octanol–water partition coefficient (Wildman–Crippen LogP) is 6.08. The summed E-state index contributed by atoms with van der Waals surface area (Å²) in [6.45, 7) is 4.38. The number of carbonyl (C=O) groups is 1. The van der Waals surface area contributed by atoms with Gasteiger partial charge in [0.25, 0.3) is 0 Å². The van der Waals surface area contributed by atoms with E-state index >= 15 is 0 Å². The number of nitrogens with one attached hydrogen (secondary N) is 1. The molecule has 0 radical (unpaired) electrons. The number of benzene rings is 1. The Morgan fingerprint density at radius 2 is 2.12 bits per heavy atom. The monoisotopic (exact) mass is 384 g/mol. The minimum Gasteiger partial charge on any atom is -0.465 e. The van der Waals surface area contributed by atoms with Crippen molar-refractivity contribution < 1.29 is 9.53 Å². The number of rotatable bonds is 8. The second kappa shape index (κ2) is 9.44. The lowest BCUT2D eigenvalue weighted by Crippen LogP contribution is -2.37. The van der Waals surface area contributed by atoms with Crippen LogP contribution < -0.4 is 5.43 Å². The molecule has 1 aliphatic carbocycles. The number of halogens is 2. The molecule has 1 aliphatic rings. The van der Waals surface area contributed by atoms with E-state index < -0.39 is 5.41 Å². The number of hydrogen-bond acceptors (Lipinski definition) is 4. The molecule has 0 bridgehead atoms. The number of ether oxygens (including phenoxy) is 1. The third-order valence-corrected chi connectivity index (χ3v) is 5.25. The number of hydrazone groups is 1. The van der Waals surface area contributed by atoms with E-state index in [4.69, 9.17) is 27.9 Å². The van der Waals surface area contributed by atoms with Crippen LogP contribution in [0.15, 0.2) is 23.3 Å². The Labute approximate surface area is 159 Å². The molecule has 0 saturated heterocycles. The van der Waals surface area contributed by atoms with Crippen LogP contribution >= 0.6 is 23.2 Å². The molecule has 1 saturated carbocycles. The third-order valence-electron chi connectivity index (χ3n) is 4.68. The zero-order valence-electron chi connectivity index (χ0n) is 14.9. The van der Waals surface area contributed by atoms with Gasteiger partial charge in [0.05, 0.1) is 23.0 Å². The van der Waals surface area contributed by atoms with E-state index in [2.05, 4.69) is 17.5 Å². The highest BCUT2D eigenvalue weighted by atomic mass is 35.5. The average Bonchev–Trinajstić information content (AvgIpc) is 3.00. The van der Waals surface area contributed by atoms with Gasteiger partial charge in [-0.15, -0.1) is 0 Å². The van der Waals surface area contributed by atoms with E-state index in [1.54, 1.807) is 18.2 Å². The molecule has 1 atom stereocenters. The first-order valence-corrected chi connectivity index (χ1v) is 9.74. The molecule has 2 rings (SSSR count). The Balaban J connectivity index is 2.25. The molecule has 0 spiro atoms. The fraction of sp³-hybridized carbons (Fsp3) is 0.579. The molecule has 0 heterocycles. The first kappa shape index (κ1) is 20.1. The second-order valence-corrected chi connectivity index (χ2v) is 7.25. The first-order chi connectivity index (χ1) is 12.0. The van der Waals surface area contributed by atoms with Gasteiger partial charge >= 0.3 is 5.97 Å². The standard InChI is InChI=1S/C19H26Cl2N2O2/c1-3-5-6-11-19(18(24)25-4-2)12-7-8-17(19)23-22-16-13-14(20)9-10-15(16)21/h9-10,13,22H,3-8,11-12H2,1-2H3. The molecule has 1 fully saturated rings. The van der Waals surface area contributed by atoms with Gasteiger partial charge in [-0.05, 0) is 50.8 Å². The van der Waals surface area contributed by atoms with E-state index in [1.165, 1.54) is 0 Å². The minimum absolute atomic E-state index is 0.152. The van der Waals surface area contributed by atoms with Crippen LogP contribution in [-0.2, 0) is 9.53 Å². The molecule has 1 aromatic carbocycles. The molecule has 4 nitrogen and oxygen atoms in total. The molecule has 6 heteroatoms. The lowest BCUT2D eigenvalue weighted by Gasteiger charge is -2.27. The maximum absolute atomic E-state index is 12.7. The highest BCUT2D eigenvalue weighted by Gasteiger charge is 2.47. The van der Waals surface area contributed by atoms with Crippen LogP contribution in [0.1, 0.15) is 58.8 Å². The zero-order chi connectivity index (χ0) is 18.3. The van der Waals surface area contributed by atoms with E-state index in [9.17, 15) is 4.79 Å². The maximum atomic E-state index is 12.7. The van der Waals surface area contributed by atoms with Gasteiger partial charge in [-0.1, -0.05) is 49.4 Å². The number of hydrogen-bond donors (Lipinski definition) is 1. The van der Waals surface area contributed by atoms with Crippen molar-refractivity contribution in [2.75, 3.05) is 12.0 Å². The molecule has 0 aromatic heterocycles. The van der Waals surface area contributed by atoms with Crippen LogP contribution in [0.5, 0.6) is 0 Å². The lowest BCUT2D eigenvalue weighted by molar-refractivity contribution is -0.151. The Morgan fingerprint density at radius 3 is 2.84 bits per heavy atom. The van der Waals surface area contributed by atoms with Crippen LogP contribution in [0.3, 0.4) is 0 Å². The van der Waals surface area contributed by atoms with Gasteiger partial charge in [0.15, 0.2) is 0 Å². The largest absolute Gasteiger partial charge is 0.465 e. The summed E-state index contributed by atoms with van der Waals surface area (Å²) < 4.78 is 5.39. The van der Waals surface area contributed by atoms with Crippen molar-refractivity contribution in [1.29, 1.82) is 0 Å². The van der Waals surface area contributed by atoms with Gasteiger partial charge in [-0.2, -0.15) is 5.10 Å². The van der Waals surface area contributed by atoms with Crippen LogP contribution in [0, 0.1) is 5.41 Å². The second-order valence-electron chi connectivity index (χ2n) is 6.41. The van der Waals surface area contributed by atoms with Crippen molar-refractivity contribution >= 4 is 40.6 Å². The highest BCUT2D eigenvalue weighted by molar-refractivity contribution is 6.35. The van der Waals surface area contributed by atoms with Gasteiger partial charge in [0.1, 0.15) is 5.41 Å². The summed E-state index contributed by atoms with van der Waals surface area (Å²) in [7, 11) is 0. The maximum Gasteiger partial charge on any atom is 0.317 e. The Morgan fingerprint density at radius 1 is 1.32 bits per heavy atom. The quantitative estimate of drug-likeness (QED) is 0.335. The van der Waals surface area contributed by atoms with Crippen LogP contribution in [0.25, 0.3) is 0 Å². The first-order valence-electron chi connectivity index (χ1n) is 8.99. The van der Waals surface area contributed by atoms with Crippen LogP contribution in [-0.4, -0.2) is 18.3 Å². The van der Waals surface area contributed by atoms with Crippen molar-refractivity contribution in [2.24, 2.45) is 10.5 Å². The fourth-order valence-corrected chi connectivity index (χ4v) is 3.68. The summed E-state index contributed by atoms with van der Waals surface area (Å²) in [6, 6.07) is 5.18. The van der Waals surface area contributed by atoms with Crippen LogP contribution in [0.4, 0.5) is 5.69 Å². The SMILES string of the molecule is CCCCCC1(C(=O)OCC)CCCC1=NNc1cc(Cl)ccc1Cl. The van der Waals surface area contributed by atoms with Crippen molar-refractivity contribution in [3.63, 3.8) is 0 Å². The predicted molar refractivity (Wildman–Crippen MR) is 105 cm³/mol. The third kappa shape index (κ3) is 4.89. The van der Waals surface area contributed by atoms with E-state index in [0.717, 1.165) is 50.7 Å². The smallest absolute Gasteiger partial charge is 0.317 e. The van der Waals surface area contributed by atoms with Crippen molar-refractivity contribution in [2.45, 2.75) is 58.8 Å². The Kier molecular flexibility index (Phi) is 7.57. The van der Waals surface area contributed by atoms with Crippen molar-refractivity contribution in [3.8, 4) is 0 Å². The topological polar surface area (TPSA) is 50.7 Å². The summed E-state index contributed by atoms with van der Waals surface area (Å²) in [5.74, 6) is -0.152. The van der Waals surface area contributed by atoms with E-state index in [1.807, 2.05) is 6.92 Å². The lowest BCUT2D eigenvalue weighted by atomic mass is 9.79. The number of esters is 1. The fourth-order valence-electron chi connectivity index (χ4n) is 3.35. The molecular weight excluding hydrogens is 359 g/mol. The number of unbranched alkanes of at least 4 members (excludes halogenated alkanes) is 2. The highest BCUT2D eigenvalue weighted by Crippen LogP contribution is 2.42. The molecule has 1 unspecified atom stereocenters. The molecule has 0 aliphatic heterocycles. The summed E-state index contributed by atoms with van der Waals surface area (Å²) in [4.78, 5) is 12.7. The van der Waals surface area contributed by atoms with Gasteiger partial charge < -0.3 is 4.74 Å². The number of anilines is 1. The molecule has 0 amide bonds. The van der Waals surface area contributed by atoms with Crippen LogP contribution in [0.2, 0.25) is 10.0 Å². The van der Waals surface area contributed by atoms with E-state index in [-0.39, 0.29) is 5.97 Å². The average molecular weight is 385 g/mol. The van der Waals surface area contributed by atoms with Crippen molar-refractivity contribution in [1.82, 2.24) is 0 Å². The summed E-state index contributed by atoms with van der Waals surface area (Å²) in [6.07, 6.45) is 6.50. The number of carbonyl (C=O) groups excluding carboxylic acids is 1. The molecule has 1 aromatic rings. The summed E-state index contributed by atoms with van der Waals surface area (Å²) in [5.41, 5.74) is 3.89. The zero-order valence-corrected chi connectivity index (χ0v) is 16.4. The summed E-state index contributed by atoms with van der Waals surface area (Å²) >= 11 is 12.2. The molecule has 138 valence electrons. The summed E-state index contributed by atoms with van der Waals surface area (Å²) in [5, 5.41) is 5.68. The Hall–Kier alpha value is -1.26. The van der Waals surface area contributed by atoms with Gasteiger partial charge in [0, 0.05) is 5.02 Å². The molecular formula is C19H26Cl2N2O2. The molecule has 25 heavy (non-hydrogen) atoms. The van der Waals surface area contributed by atoms with Crippen molar-refractivity contribution in [3.05, 3.63) is 28.2 Å². The van der Waals surface area contributed by atoms with Gasteiger partial charge in [-0.25, -0.2) is 0 Å².